The lowest BCUT2D eigenvalue weighted by Gasteiger charge is -2.14. The number of aromatic nitrogens is 2. The predicted octanol–water partition coefficient (Wildman–Crippen LogP) is 2.38. The number of carbonyl (C=O) groups excluding carboxylic acids is 1. The first-order valence-corrected chi connectivity index (χ1v) is 6.20. The standard InChI is InChI=1S/C13H12ClN3O2/c1-8(13(18)19-2)17-11-5-9(7-15)3-4-10(11)16-12(17)6-14/h3-5,8H,6H2,1-2H3. The van der Waals surface area contributed by atoms with Gasteiger partial charge in [0.25, 0.3) is 0 Å². The molecule has 0 bridgehead atoms. The van der Waals surface area contributed by atoms with E-state index in [1.54, 1.807) is 29.7 Å². The van der Waals surface area contributed by atoms with E-state index in [1.807, 2.05) is 0 Å². The summed E-state index contributed by atoms with van der Waals surface area (Å²) in [4.78, 5) is 16.1. The van der Waals surface area contributed by atoms with Crippen LogP contribution >= 0.6 is 11.6 Å². The van der Waals surface area contributed by atoms with Gasteiger partial charge in [-0.1, -0.05) is 0 Å². The van der Waals surface area contributed by atoms with Crippen molar-refractivity contribution in [2.75, 3.05) is 7.11 Å². The molecule has 1 heterocycles. The molecule has 0 aliphatic heterocycles. The summed E-state index contributed by atoms with van der Waals surface area (Å²) in [6, 6.07) is 6.64. The fourth-order valence-corrected chi connectivity index (χ4v) is 2.20. The number of nitrogens with zero attached hydrogens (tertiary/aromatic N) is 3. The van der Waals surface area contributed by atoms with Crippen LogP contribution in [-0.4, -0.2) is 22.6 Å². The molecule has 1 atom stereocenters. The van der Waals surface area contributed by atoms with Crippen molar-refractivity contribution in [3.63, 3.8) is 0 Å². The molecule has 5 nitrogen and oxygen atoms in total. The monoisotopic (exact) mass is 277 g/mol. The summed E-state index contributed by atoms with van der Waals surface area (Å²) >= 11 is 5.87. The Labute approximate surface area is 115 Å². The first-order chi connectivity index (χ1) is 9.12. The third-order valence-corrected chi connectivity index (χ3v) is 3.18. The zero-order chi connectivity index (χ0) is 14.0. The van der Waals surface area contributed by atoms with Crippen LogP contribution in [-0.2, 0) is 15.4 Å². The second-order valence-electron chi connectivity index (χ2n) is 4.05. The van der Waals surface area contributed by atoms with Crippen molar-refractivity contribution in [1.29, 1.82) is 5.26 Å². The third kappa shape index (κ3) is 2.27. The number of rotatable bonds is 3. The Bertz CT molecular complexity index is 672. The maximum Gasteiger partial charge on any atom is 0.328 e. The van der Waals surface area contributed by atoms with Crippen molar-refractivity contribution < 1.29 is 9.53 Å². The molecular formula is C13H12ClN3O2. The van der Waals surface area contributed by atoms with Crippen molar-refractivity contribution in [3.8, 4) is 6.07 Å². The van der Waals surface area contributed by atoms with Gasteiger partial charge in [0.05, 0.1) is 35.7 Å². The highest BCUT2D eigenvalue weighted by atomic mass is 35.5. The highest BCUT2D eigenvalue weighted by molar-refractivity contribution is 6.16. The molecular weight excluding hydrogens is 266 g/mol. The third-order valence-electron chi connectivity index (χ3n) is 2.94. The van der Waals surface area contributed by atoms with Crippen molar-refractivity contribution in [1.82, 2.24) is 9.55 Å². The fraction of sp³-hybridized carbons (Fsp3) is 0.308. The van der Waals surface area contributed by atoms with E-state index in [4.69, 9.17) is 21.6 Å². The van der Waals surface area contributed by atoms with E-state index in [2.05, 4.69) is 11.1 Å². The number of hydrogen-bond acceptors (Lipinski definition) is 4. The number of fused-ring (bicyclic) bond motifs is 1. The lowest BCUT2D eigenvalue weighted by Crippen LogP contribution is -2.19. The number of nitriles is 1. The normalized spacial score (nSPS) is 12.1. The summed E-state index contributed by atoms with van der Waals surface area (Å²) in [5, 5.41) is 8.95. The van der Waals surface area contributed by atoms with Gasteiger partial charge in [-0.25, -0.2) is 9.78 Å². The summed E-state index contributed by atoms with van der Waals surface area (Å²) < 4.78 is 6.45. The average Bonchev–Trinajstić information content (AvgIpc) is 2.82. The number of methoxy groups -OCH3 is 1. The maximum atomic E-state index is 11.7. The minimum Gasteiger partial charge on any atom is -0.467 e. The highest BCUT2D eigenvalue weighted by Gasteiger charge is 2.21. The molecule has 0 saturated heterocycles. The van der Waals surface area contributed by atoms with Gasteiger partial charge < -0.3 is 9.30 Å². The zero-order valence-corrected chi connectivity index (χ0v) is 11.3. The summed E-state index contributed by atoms with van der Waals surface area (Å²) in [6.07, 6.45) is 0. The smallest absolute Gasteiger partial charge is 0.328 e. The van der Waals surface area contributed by atoms with Crippen LogP contribution in [0, 0.1) is 11.3 Å². The Morgan fingerprint density at radius 2 is 2.37 bits per heavy atom. The molecule has 1 aromatic carbocycles. The largest absolute Gasteiger partial charge is 0.467 e. The second-order valence-corrected chi connectivity index (χ2v) is 4.31. The van der Waals surface area contributed by atoms with Crippen LogP contribution in [0.25, 0.3) is 11.0 Å². The van der Waals surface area contributed by atoms with Crippen LogP contribution in [0.15, 0.2) is 18.2 Å². The first-order valence-electron chi connectivity index (χ1n) is 5.67. The van der Waals surface area contributed by atoms with Crippen molar-refractivity contribution >= 4 is 28.6 Å². The van der Waals surface area contributed by atoms with Gasteiger partial charge >= 0.3 is 5.97 Å². The molecule has 1 aromatic heterocycles. The number of hydrogen-bond donors (Lipinski definition) is 0. The van der Waals surface area contributed by atoms with Crippen molar-refractivity contribution in [2.45, 2.75) is 18.8 Å². The first kappa shape index (κ1) is 13.4. The number of halogens is 1. The van der Waals surface area contributed by atoms with E-state index in [1.165, 1.54) is 7.11 Å². The molecule has 0 N–H and O–H groups in total. The minimum atomic E-state index is -0.544. The zero-order valence-electron chi connectivity index (χ0n) is 10.6. The van der Waals surface area contributed by atoms with E-state index in [9.17, 15) is 4.79 Å². The molecule has 2 rings (SSSR count). The molecule has 0 fully saturated rings. The Kier molecular flexibility index (Phi) is 3.72. The minimum absolute atomic E-state index is 0.178. The van der Waals surface area contributed by atoms with E-state index >= 15 is 0 Å². The van der Waals surface area contributed by atoms with Gasteiger partial charge in [0.15, 0.2) is 0 Å². The lowest BCUT2D eigenvalue weighted by atomic mass is 10.2. The molecule has 98 valence electrons. The molecule has 0 aliphatic carbocycles. The van der Waals surface area contributed by atoms with Gasteiger partial charge in [-0.3, -0.25) is 0 Å². The molecule has 6 heteroatoms. The van der Waals surface area contributed by atoms with Crippen LogP contribution in [0.3, 0.4) is 0 Å². The Balaban J connectivity index is 2.68. The summed E-state index contributed by atoms with van der Waals surface area (Å²) in [5.41, 5.74) is 1.91. The molecule has 0 amide bonds. The Morgan fingerprint density at radius 3 is 2.95 bits per heavy atom. The maximum absolute atomic E-state index is 11.7. The Hall–Kier alpha value is -2.06. The van der Waals surface area contributed by atoms with Crippen LogP contribution in [0.4, 0.5) is 0 Å². The number of esters is 1. The number of benzene rings is 1. The van der Waals surface area contributed by atoms with Gasteiger partial charge in [-0.15, -0.1) is 11.6 Å². The van der Waals surface area contributed by atoms with Gasteiger partial charge in [0.1, 0.15) is 11.9 Å². The summed E-state index contributed by atoms with van der Waals surface area (Å²) in [5.74, 6) is 0.371. The quantitative estimate of drug-likeness (QED) is 0.638. The molecule has 1 unspecified atom stereocenters. The number of ether oxygens (including phenoxy) is 1. The van der Waals surface area contributed by atoms with E-state index in [0.717, 1.165) is 0 Å². The SMILES string of the molecule is COC(=O)C(C)n1c(CCl)nc2ccc(C#N)cc21. The molecule has 0 spiro atoms. The summed E-state index contributed by atoms with van der Waals surface area (Å²) in [6.45, 7) is 1.71. The van der Waals surface area contributed by atoms with Crippen molar-refractivity contribution in [2.24, 2.45) is 0 Å². The molecule has 0 saturated carbocycles. The molecule has 0 radical (unpaired) electrons. The van der Waals surface area contributed by atoms with Gasteiger partial charge in [-0.2, -0.15) is 5.26 Å². The van der Waals surface area contributed by atoms with Gasteiger partial charge in [0.2, 0.25) is 0 Å². The van der Waals surface area contributed by atoms with Crippen LogP contribution in [0.2, 0.25) is 0 Å². The van der Waals surface area contributed by atoms with Gasteiger partial charge in [0, 0.05) is 0 Å². The fourth-order valence-electron chi connectivity index (χ4n) is 2.01. The van der Waals surface area contributed by atoms with Crippen molar-refractivity contribution in [3.05, 3.63) is 29.6 Å². The molecule has 2 aromatic rings. The predicted molar refractivity (Wildman–Crippen MR) is 70.7 cm³/mol. The van der Waals surface area contributed by atoms with Crippen LogP contribution < -0.4 is 0 Å². The van der Waals surface area contributed by atoms with Crippen LogP contribution in [0.5, 0.6) is 0 Å². The number of carbonyl (C=O) groups is 1. The van der Waals surface area contributed by atoms with Gasteiger partial charge in [-0.05, 0) is 25.1 Å². The van der Waals surface area contributed by atoms with E-state index in [0.29, 0.717) is 22.4 Å². The average molecular weight is 278 g/mol. The highest BCUT2D eigenvalue weighted by Crippen LogP contribution is 2.24. The second kappa shape index (κ2) is 5.29. The molecule has 0 aliphatic rings. The van der Waals surface area contributed by atoms with Crippen LogP contribution in [0.1, 0.15) is 24.4 Å². The lowest BCUT2D eigenvalue weighted by molar-refractivity contribution is -0.143. The van der Waals surface area contributed by atoms with E-state index < -0.39 is 6.04 Å². The summed E-state index contributed by atoms with van der Waals surface area (Å²) in [7, 11) is 1.33. The molecule has 19 heavy (non-hydrogen) atoms. The van der Waals surface area contributed by atoms with E-state index in [-0.39, 0.29) is 11.8 Å². The Morgan fingerprint density at radius 1 is 1.63 bits per heavy atom. The number of alkyl halides is 1. The topological polar surface area (TPSA) is 67.9 Å². The number of imidazole rings is 1.